The highest BCUT2D eigenvalue weighted by molar-refractivity contribution is 5.81. The maximum Gasteiger partial charge on any atom is 0.242 e. The molecule has 124 valence electrons. The maximum atomic E-state index is 12.8. The first-order valence-electron chi connectivity index (χ1n) is 8.60. The van der Waals surface area contributed by atoms with Gasteiger partial charge in [0, 0.05) is 18.5 Å². The van der Waals surface area contributed by atoms with E-state index in [1.54, 1.807) is 0 Å². The molecule has 4 heteroatoms. The molecule has 0 spiro atoms. The number of carbonyl (C=O) groups is 1. The summed E-state index contributed by atoms with van der Waals surface area (Å²) in [7, 11) is 0. The summed E-state index contributed by atoms with van der Waals surface area (Å²) in [5.74, 6) is 1.93. The second kappa shape index (κ2) is 5.99. The van der Waals surface area contributed by atoms with Gasteiger partial charge in [-0.2, -0.15) is 0 Å². The molecule has 1 aliphatic rings. The third kappa shape index (κ3) is 3.26. The van der Waals surface area contributed by atoms with Crippen molar-refractivity contribution in [1.82, 2.24) is 14.5 Å². The molecule has 0 unspecified atom stereocenters. The minimum atomic E-state index is -0.0876. The summed E-state index contributed by atoms with van der Waals surface area (Å²) in [5, 5.41) is 0. The van der Waals surface area contributed by atoms with Crippen molar-refractivity contribution < 1.29 is 4.79 Å². The summed E-state index contributed by atoms with van der Waals surface area (Å²) in [4.78, 5) is 19.6. The van der Waals surface area contributed by atoms with Crippen LogP contribution in [0.5, 0.6) is 0 Å². The van der Waals surface area contributed by atoms with Gasteiger partial charge in [0.25, 0.3) is 0 Å². The molecule has 4 nitrogen and oxygen atoms in total. The Morgan fingerprint density at radius 3 is 2.52 bits per heavy atom. The molecule has 0 aliphatic carbocycles. The smallest absolute Gasteiger partial charge is 0.242 e. The molecule has 2 aromatic rings. The van der Waals surface area contributed by atoms with Gasteiger partial charge >= 0.3 is 0 Å². The third-order valence-electron chi connectivity index (χ3n) is 4.76. The van der Waals surface area contributed by atoms with E-state index in [1.165, 1.54) is 0 Å². The van der Waals surface area contributed by atoms with Crippen LogP contribution < -0.4 is 0 Å². The molecule has 1 fully saturated rings. The van der Waals surface area contributed by atoms with Gasteiger partial charge in [0.05, 0.1) is 11.0 Å². The molecule has 0 radical (unpaired) electrons. The summed E-state index contributed by atoms with van der Waals surface area (Å²) in [6.45, 7) is 10.9. The van der Waals surface area contributed by atoms with Gasteiger partial charge in [0.15, 0.2) is 0 Å². The van der Waals surface area contributed by atoms with Gasteiger partial charge in [-0.3, -0.25) is 4.79 Å². The molecule has 1 saturated heterocycles. The highest BCUT2D eigenvalue weighted by atomic mass is 16.2. The zero-order chi connectivity index (χ0) is 16.6. The summed E-state index contributed by atoms with van der Waals surface area (Å²) in [6, 6.07) is 8.09. The van der Waals surface area contributed by atoms with Crippen molar-refractivity contribution in [2.45, 2.75) is 52.5 Å². The summed E-state index contributed by atoms with van der Waals surface area (Å²) in [6.07, 6.45) is 2.23. The molecule has 0 N–H and O–H groups in total. The fourth-order valence-corrected chi connectivity index (χ4v) is 3.30. The lowest BCUT2D eigenvalue weighted by atomic mass is 9.95. The monoisotopic (exact) mass is 313 g/mol. The number of rotatable bonds is 2. The van der Waals surface area contributed by atoms with Gasteiger partial charge in [-0.1, -0.05) is 39.8 Å². The second-order valence-corrected chi connectivity index (χ2v) is 7.82. The summed E-state index contributed by atoms with van der Waals surface area (Å²) in [5.41, 5.74) is 1.93. The number of fused-ring (bicyclic) bond motifs is 1. The van der Waals surface area contributed by atoms with E-state index < -0.39 is 0 Å². The van der Waals surface area contributed by atoms with Crippen LogP contribution in [-0.2, 0) is 16.8 Å². The fraction of sp³-hybridized carbons (Fsp3) is 0.579. The van der Waals surface area contributed by atoms with Crippen molar-refractivity contribution >= 4 is 16.9 Å². The predicted molar refractivity (Wildman–Crippen MR) is 93.4 cm³/mol. The van der Waals surface area contributed by atoms with Gasteiger partial charge in [-0.05, 0) is 30.9 Å². The molecular weight excluding hydrogens is 286 g/mol. The van der Waals surface area contributed by atoms with E-state index in [1.807, 2.05) is 23.1 Å². The second-order valence-electron chi connectivity index (χ2n) is 7.82. The van der Waals surface area contributed by atoms with Crippen LogP contribution in [0, 0.1) is 5.92 Å². The van der Waals surface area contributed by atoms with Crippen LogP contribution in [-0.4, -0.2) is 33.4 Å². The van der Waals surface area contributed by atoms with E-state index in [-0.39, 0.29) is 11.3 Å². The van der Waals surface area contributed by atoms with Crippen molar-refractivity contribution in [3.63, 3.8) is 0 Å². The Morgan fingerprint density at radius 1 is 1.22 bits per heavy atom. The Bertz CT molecular complexity index is 703. The Hall–Kier alpha value is -1.84. The lowest BCUT2D eigenvalue weighted by Gasteiger charge is -2.31. The number of aromatic nitrogens is 2. The number of nitrogens with zero attached hydrogens (tertiary/aromatic N) is 3. The summed E-state index contributed by atoms with van der Waals surface area (Å²) >= 11 is 0. The largest absolute Gasteiger partial charge is 0.341 e. The number of para-hydroxylation sites is 2. The van der Waals surface area contributed by atoms with Crippen molar-refractivity contribution in [3.05, 3.63) is 30.1 Å². The Labute approximate surface area is 138 Å². The van der Waals surface area contributed by atoms with Gasteiger partial charge in [0.1, 0.15) is 12.4 Å². The number of carbonyl (C=O) groups excluding carboxylic acids is 1. The highest BCUT2D eigenvalue weighted by Gasteiger charge is 2.26. The number of benzene rings is 1. The lowest BCUT2D eigenvalue weighted by Crippen LogP contribution is -2.40. The molecule has 0 atom stereocenters. The zero-order valence-corrected chi connectivity index (χ0v) is 14.7. The van der Waals surface area contributed by atoms with Gasteiger partial charge in [-0.25, -0.2) is 4.98 Å². The van der Waals surface area contributed by atoms with E-state index in [2.05, 4.69) is 38.3 Å². The van der Waals surface area contributed by atoms with Crippen LogP contribution in [0.25, 0.3) is 11.0 Å². The summed E-state index contributed by atoms with van der Waals surface area (Å²) < 4.78 is 2.11. The van der Waals surface area contributed by atoms with Crippen molar-refractivity contribution in [3.8, 4) is 0 Å². The number of hydrogen-bond donors (Lipinski definition) is 0. The van der Waals surface area contributed by atoms with Crippen LogP contribution in [0.3, 0.4) is 0 Å². The topological polar surface area (TPSA) is 38.1 Å². The van der Waals surface area contributed by atoms with E-state index in [9.17, 15) is 4.79 Å². The number of hydrogen-bond acceptors (Lipinski definition) is 2. The number of amides is 1. The molecule has 1 aromatic carbocycles. The quantitative estimate of drug-likeness (QED) is 0.850. The van der Waals surface area contributed by atoms with Crippen LogP contribution in [0.4, 0.5) is 0 Å². The van der Waals surface area contributed by atoms with E-state index >= 15 is 0 Å². The third-order valence-corrected chi connectivity index (χ3v) is 4.76. The Balaban J connectivity index is 1.91. The molecule has 23 heavy (non-hydrogen) atoms. The maximum absolute atomic E-state index is 12.8. The fourth-order valence-electron chi connectivity index (χ4n) is 3.30. The highest BCUT2D eigenvalue weighted by Crippen LogP contribution is 2.27. The number of piperidine rings is 1. The molecule has 1 aliphatic heterocycles. The van der Waals surface area contributed by atoms with Gasteiger partial charge in [0.2, 0.25) is 5.91 Å². The number of imidazole rings is 1. The predicted octanol–water partition coefficient (Wildman–Crippen LogP) is 3.59. The molecule has 3 rings (SSSR count). The molecular formula is C19H27N3O. The van der Waals surface area contributed by atoms with Gasteiger partial charge in [-0.15, -0.1) is 0 Å². The van der Waals surface area contributed by atoms with Crippen LogP contribution in [0.1, 0.15) is 46.4 Å². The minimum absolute atomic E-state index is 0.0876. The normalized spacial score (nSPS) is 17.0. The zero-order valence-electron chi connectivity index (χ0n) is 14.7. The average Bonchev–Trinajstić information content (AvgIpc) is 2.87. The SMILES string of the molecule is CC1CCN(C(=O)Cn2c(C(C)(C)C)nc3ccccc32)CC1. The first kappa shape index (κ1) is 16.0. The molecule has 1 amide bonds. The van der Waals surface area contributed by atoms with Gasteiger partial charge < -0.3 is 9.47 Å². The molecule has 2 heterocycles. The molecule has 1 aromatic heterocycles. The van der Waals surface area contributed by atoms with Crippen molar-refractivity contribution in [1.29, 1.82) is 0 Å². The minimum Gasteiger partial charge on any atom is -0.341 e. The molecule has 0 saturated carbocycles. The van der Waals surface area contributed by atoms with Crippen molar-refractivity contribution in [2.24, 2.45) is 5.92 Å². The van der Waals surface area contributed by atoms with Crippen molar-refractivity contribution in [2.75, 3.05) is 13.1 Å². The van der Waals surface area contributed by atoms with Crippen LogP contribution in [0.2, 0.25) is 0 Å². The Morgan fingerprint density at radius 2 is 1.87 bits per heavy atom. The number of likely N-dealkylation sites (tertiary alicyclic amines) is 1. The Kier molecular flexibility index (Phi) is 4.17. The van der Waals surface area contributed by atoms with Crippen LogP contribution >= 0.6 is 0 Å². The first-order valence-corrected chi connectivity index (χ1v) is 8.60. The first-order chi connectivity index (χ1) is 10.9. The average molecular weight is 313 g/mol. The lowest BCUT2D eigenvalue weighted by molar-refractivity contribution is -0.133. The van der Waals surface area contributed by atoms with E-state index in [4.69, 9.17) is 4.98 Å². The standard InChI is InChI=1S/C19H27N3O/c1-14-9-11-21(12-10-14)17(23)13-22-16-8-6-5-7-15(16)20-18(22)19(2,3)4/h5-8,14H,9-13H2,1-4H3. The van der Waals surface area contributed by atoms with E-state index in [0.29, 0.717) is 6.54 Å². The molecule has 0 bridgehead atoms. The van der Waals surface area contributed by atoms with E-state index in [0.717, 1.165) is 48.7 Å². The van der Waals surface area contributed by atoms with Crippen LogP contribution in [0.15, 0.2) is 24.3 Å².